The van der Waals surface area contributed by atoms with Crippen LogP contribution in [0.5, 0.6) is 0 Å². The second-order valence-electron chi connectivity index (χ2n) is 6.25. The fourth-order valence-corrected chi connectivity index (χ4v) is 2.94. The second kappa shape index (κ2) is 9.03. The molecule has 1 aromatic carbocycles. The first kappa shape index (κ1) is 18.0. The highest BCUT2D eigenvalue weighted by molar-refractivity contribution is 5.86. The number of nitrogens with one attached hydrogen (secondary N) is 3. The topological polar surface area (TPSA) is 85.4 Å². The lowest BCUT2D eigenvalue weighted by Crippen LogP contribution is -2.44. The van der Waals surface area contributed by atoms with Crippen LogP contribution in [0.2, 0.25) is 0 Å². The average Bonchev–Trinajstić information content (AvgIpc) is 3.36. The van der Waals surface area contributed by atoms with Gasteiger partial charge in [-0.25, -0.2) is 9.98 Å². The maximum absolute atomic E-state index is 12.2. The molecule has 1 amide bonds. The van der Waals surface area contributed by atoms with Crippen LogP contribution >= 0.6 is 0 Å². The van der Waals surface area contributed by atoms with E-state index in [2.05, 4.69) is 25.6 Å². The highest BCUT2D eigenvalue weighted by Crippen LogP contribution is 2.16. The minimum Gasteiger partial charge on any atom is -0.357 e. The summed E-state index contributed by atoms with van der Waals surface area (Å²) in [6.07, 6.45) is 4.02. The first-order chi connectivity index (χ1) is 12.8. The van der Waals surface area contributed by atoms with E-state index in [0.717, 1.165) is 49.6 Å². The Morgan fingerprint density at radius 1 is 1.23 bits per heavy atom. The van der Waals surface area contributed by atoms with Gasteiger partial charge >= 0.3 is 0 Å². The van der Waals surface area contributed by atoms with Gasteiger partial charge in [0.2, 0.25) is 5.91 Å². The SMILES string of the molecule is CCNC(=NCc1ncc(-c2ccccc2)[nH]1)NCC(=O)N1CCCC1. The van der Waals surface area contributed by atoms with E-state index in [1.54, 1.807) is 0 Å². The van der Waals surface area contributed by atoms with Crippen LogP contribution in [0.1, 0.15) is 25.6 Å². The number of guanidine groups is 1. The molecule has 7 heteroatoms. The molecule has 7 nitrogen and oxygen atoms in total. The van der Waals surface area contributed by atoms with E-state index in [9.17, 15) is 4.79 Å². The third-order valence-corrected chi connectivity index (χ3v) is 4.31. The number of aromatic nitrogens is 2. The van der Waals surface area contributed by atoms with Crippen LogP contribution in [0.3, 0.4) is 0 Å². The Morgan fingerprint density at radius 2 is 2.00 bits per heavy atom. The van der Waals surface area contributed by atoms with Gasteiger partial charge in [-0.2, -0.15) is 0 Å². The number of nitrogens with zero attached hydrogens (tertiary/aromatic N) is 3. The number of carbonyl (C=O) groups is 1. The van der Waals surface area contributed by atoms with Crippen molar-refractivity contribution in [1.29, 1.82) is 0 Å². The van der Waals surface area contributed by atoms with Crippen molar-refractivity contribution in [3.8, 4) is 11.3 Å². The van der Waals surface area contributed by atoms with Gasteiger partial charge in [-0.05, 0) is 25.3 Å². The van der Waals surface area contributed by atoms with Gasteiger partial charge in [-0.15, -0.1) is 0 Å². The molecule has 2 heterocycles. The summed E-state index contributed by atoms with van der Waals surface area (Å²) < 4.78 is 0. The number of likely N-dealkylation sites (tertiary alicyclic amines) is 1. The smallest absolute Gasteiger partial charge is 0.241 e. The Hall–Kier alpha value is -2.83. The van der Waals surface area contributed by atoms with Crippen molar-refractivity contribution in [1.82, 2.24) is 25.5 Å². The Labute approximate surface area is 153 Å². The zero-order valence-corrected chi connectivity index (χ0v) is 15.2. The molecular weight excluding hydrogens is 328 g/mol. The summed E-state index contributed by atoms with van der Waals surface area (Å²) in [6, 6.07) is 10.1. The van der Waals surface area contributed by atoms with E-state index in [0.29, 0.717) is 12.5 Å². The zero-order chi connectivity index (χ0) is 18.2. The maximum Gasteiger partial charge on any atom is 0.241 e. The van der Waals surface area contributed by atoms with Crippen LogP contribution in [-0.4, -0.2) is 52.9 Å². The third kappa shape index (κ3) is 4.84. The monoisotopic (exact) mass is 354 g/mol. The van der Waals surface area contributed by atoms with Gasteiger partial charge in [0.15, 0.2) is 5.96 Å². The molecule has 138 valence electrons. The molecule has 0 spiro atoms. The first-order valence-corrected chi connectivity index (χ1v) is 9.15. The fourth-order valence-electron chi connectivity index (χ4n) is 2.94. The number of H-pyrrole nitrogens is 1. The lowest BCUT2D eigenvalue weighted by molar-refractivity contribution is -0.128. The number of imidazole rings is 1. The van der Waals surface area contributed by atoms with Gasteiger partial charge in [-0.1, -0.05) is 30.3 Å². The molecule has 0 aliphatic carbocycles. The average molecular weight is 354 g/mol. The van der Waals surface area contributed by atoms with E-state index < -0.39 is 0 Å². The van der Waals surface area contributed by atoms with E-state index in [1.807, 2.05) is 48.4 Å². The summed E-state index contributed by atoms with van der Waals surface area (Å²) in [5.74, 6) is 1.53. The molecule has 1 aliphatic heterocycles. The number of aromatic amines is 1. The zero-order valence-electron chi connectivity index (χ0n) is 15.2. The molecule has 0 radical (unpaired) electrons. The van der Waals surface area contributed by atoms with Crippen LogP contribution in [0.4, 0.5) is 0 Å². The van der Waals surface area contributed by atoms with E-state index >= 15 is 0 Å². The van der Waals surface area contributed by atoms with Crippen molar-refractivity contribution in [2.45, 2.75) is 26.3 Å². The van der Waals surface area contributed by atoms with Crippen LogP contribution in [0, 0.1) is 0 Å². The van der Waals surface area contributed by atoms with E-state index in [1.165, 1.54) is 0 Å². The molecule has 1 fully saturated rings. The maximum atomic E-state index is 12.2. The summed E-state index contributed by atoms with van der Waals surface area (Å²) in [6.45, 7) is 5.14. The quantitative estimate of drug-likeness (QED) is 0.545. The van der Waals surface area contributed by atoms with Gasteiger partial charge in [0, 0.05) is 19.6 Å². The summed E-state index contributed by atoms with van der Waals surface area (Å²) in [5, 5.41) is 6.28. The number of rotatable bonds is 6. The number of aliphatic imine (C=N–C) groups is 1. The van der Waals surface area contributed by atoms with E-state index in [4.69, 9.17) is 0 Å². The standard InChI is InChI=1S/C19H26N6O/c1-2-20-19(23-14-18(26)25-10-6-7-11-25)22-13-17-21-12-16(24-17)15-8-4-3-5-9-15/h3-5,8-9,12H,2,6-7,10-11,13-14H2,1H3,(H,21,24)(H2,20,22,23). The third-order valence-electron chi connectivity index (χ3n) is 4.31. The molecule has 0 unspecified atom stereocenters. The molecular formula is C19H26N6O. The van der Waals surface area contributed by atoms with Crippen molar-refractivity contribution in [2.75, 3.05) is 26.2 Å². The van der Waals surface area contributed by atoms with Crippen LogP contribution in [0.25, 0.3) is 11.3 Å². The minimum absolute atomic E-state index is 0.123. The summed E-state index contributed by atoms with van der Waals surface area (Å²) in [5.41, 5.74) is 2.06. The van der Waals surface area contributed by atoms with Crippen LogP contribution < -0.4 is 10.6 Å². The van der Waals surface area contributed by atoms with Gasteiger partial charge in [0.05, 0.1) is 18.4 Å². The lowest BCUT2D eigenvalue weighted by atomic mass is 10.2. The fraction of sp³-hybridized carbons (Fsp3) is 0.421. The number of hydrogen-bond donors (Lipinski definition) is 3. The largest absolute Gasteiger partial charge is 0.357 e. The minimum atomic E-state index is 0.123. The lowest BCUT2D eigenvalue weighted by Gasteiger charge is -2.17. The molecule has 3 rings (SSSR count). The number of hydrogen-bond acceptors (Lipinski definition) is 3. The summed E-state index contributed by atoms with van der Waals surface area (Å²) in [4.78, 5) is 26.2. The molecule has 1 aliphatic rings. The van der Waals surface area contributed by atoms with Crippen LogP contribution in [-0.2, 0) is 11.3 Å². The number of carbonyl (C=O) groups excluding carboxylic acids is 1. The Bertz CT molecular complexity index is 733. The predicted molar refractivity (Wildman–Crippen MR) is 103 cm³/mol. The Balaban J connectivity index is 1.57. The molecule has 2 aromatic rings. The molecule has 1 aromatic heterocycles. The molecule has 0 atom stereocenters. The van der Waals surface area contributed by atoms with E-state index in [-0.39, 0.29) is 12.5 Å². The number of benzene rings is 1. The summed E-state index contributed by atoms with van der Waals surface area (Å²) in [7, 11) is 0. The number of amides is 1. The van der Waals surface area contributed by atoms with Crippen molar-refractivity contribution in [3.63, 3.8) is 0 Å². The molecule has 1 saturated heterocycles. The first-order valence-electron chi connectivity index (χ1n) is 9.15. The van der Waals surface area contributed by atoms with Crippen molar-refractivity contribution in [3.05, 3.63) is 42.4 Å². The van der Waals surface area contributed by atoms with Gasteiger partial charge in [0.25, 0.3) is 0 Å². The molecule has 0 saturated carbocycles. The van der Waals surface area contributed by atoms with Gasteiger partial charge in [0.1, 0.15) is 12.4 Å². The molecule has 0 bridgehead atoms. The highest BCUT2D eigenvalue weighted by atomic mass is 16.2. The molecule has 26 heavy (non-hydrogen) atoms. The van der Waals surface area contributed by atoms with Crippen molar-refractivity contribution < 1.29 is 4.79 Å². The van der Waals surface area contributed by atoms with Gasteiger partial charge < -0.3 is 20.5 Å². The van der Waals surface area contributed by atoms with Gasteiger partial charge in [-0.3, -0.25) is 4.79 Å². The van der Waals surface area contributed by atoms with Crippen LogP contribution in [0.15, 0.2) is 41.5 Å². The summed E-state index contributed by atoms with van der Waals surface area (Å²) >= 11 is 0. The predicted octanol–water partition coefficient (Wildman–Crippen LogP) is 1.75. The second-order valence-corrected chi connectivity index (χ2v) is 6.25. The highest BCUT2D eigenvalue weighted by Gasteiger charge is 2.17. The van der Waals surface area contributed by atoms with Crippen molar-refractivity contribution >= 4 is 11.9 Å². The normalized spacial score (nSPS) is 14.5. The molecule has 3 N–H and O–H groups in total. The van der Waals surface area contributed by atoms with Crippen molar-refractivity contribution in [2.24, 2.45) is 4.99 Å². The Kier molecular flexibility index (Phi) is 6.24. The Morgan fingerprint density at radius 3 is 2.73 bits per heavy atom.